The molecule has 0 aliphatic heterocycles. The Hall–Kier alpha value is -3.53. The Bertz CT molecular complexity index is 835. The van der Waals surface area contributed by atoms with Crippen molar-refractivity contribution >= 4 is 17.6 Å². The summed E-state index contributed by atoms with van der Waals surface area (Å²) in [6.45, 7) is 1.45. The Morgan fingerprint density at radius 3 is 2.27 bits per heavy atom. The third kappa shape index (κ3) is 4.30. The summed E-state index contributed by atoms with van der Waals surface area (Å²) in [4.78, 5) is 24.7. The highest BCUT2D eigenvalue weighted by Crippen LogP contribution is 2.29. The topological polar surface area (TPSA) is 97.7 Å². The van der Waals surface area contributed by atoms with E-state index in [1.807, 2.05) is 6.07 Å². The van der Waals surface area contributed by atoms with E-state index in [0.717, 1.165) is 0 Å². The second-order valence-electron chi connectivity index (χ2n) is 5.27. The van der Waals surface area contributed by atoms with E-state index in [0.29, 0.717) is 11.3 Å². The van der Waals surface area contributed by atoms with Gasteiger partial charge in [0.05, 0.1) is 25.9 Å². The quantitative estimate of drug-likeness (QED) is 0.801. The van der Waals surface area contributed by atoms with Gasteiger partial charge in [-0.3, -0.25) is 4.79 Å². The Morgan fingerprint density at radius 2 is 1.69 bits per heavy atom. The lowest BCUT2D eigenvalue weighted by atomic mass is 10.1. The molecule has 0 spiro atoms. The van der Waals surface area contributed by atoms with Gasteiger partial charge < -0.3 is 19.5 Å². The lowest BCUT2D eigenvalue weighted by Gasteiger charge is -2.16. The number of hydrogen-bond donors (Lipinski definition) is 1. The second-order valence-corrected chi connectivity index (χ2v) is 5.27. The minimum absolute atomic E-state index is 0.101. The molecule has 1 atom stereocenters. The van der Waals surface area contributed by atoms with Crippen LogP contribution >= 0.6 is 0 Å². The minimum Gasteiger partial charge on any atom is -0.496 e. The summed E-state index contributed by atoms with van der Waals surface area (Å²) in [5.41, 5.74) is 0.946. The number of nitrogens with one attached hydrogen (secondary N) is 1. The van der Waals surface area contributed by atoms with Crippen molar-refractivity contribution in [3.8, 4) is 17.6 Å². The van der Waals surface area contributed by atoms with Crippen molar-refractivity contribution in [2.45, 2.75) is 13.0 Å². The molecule has 1 unspecified atom stereocenters. The van der Waals surface area contributed by atoms with Crippen molar-refractivity contribution < 1.29 is 23.8 Å². The summed E-state index contributed by atoms with van der Waals surface area (Å²) < 4.78 is 15.6. The van der Waals surface area contributed by atoms with E-state index in [1.54, 1.807) is 36.4 Å². The molecule has 0 bridgehead atoms. The van der Waals surface area contributed by atoms with E-state index >= 15 is 0 Å². The first-order chi connectivity index (χ1) is 12.5. The second kappa shape index (κ2) is 8.53. The van der Waals surface area contributed by atoms with E-state index in [-0.39, 0.29) is 17.1 Å². The van der Waals surface area contributed by atoms with E-state index in [9.17, 15) is 9.59 Å². The fraction of sp³-hybridized carbons (Fsp3) is 0.211. The molecule has 7 heteroatoms. The Labute approximate surface area is 151 Å². The number of amides is 1. The van der Waals surface area contributed by atoms with Crippen molar-refractivity contribution in [3.05, 3.63) is 53.6 Å². The lowest BCUT2D eigenvalue weighted by Crippen LogP contribution is -2.30. The molecule has 26 heavy (non-hydrogen) atoms. The van der Waals surface area contributed by atoms with Crippen molar-refractivity contribution in [3.63, 3.8) is 0 Å². The maximum absolute atomic E-state index is 12.5. The monoisotopic (exact) mass is 354 g/mol. The molecule has 2 aromatic rings. The van der Waals surface area contributed by atoms with Gasteiger partial charge in [-0.2, -0.15) is 5.26 Å². The molecule has 0 saturated heterocycles. The van der Waals surface area contributed by atoms with Gasteiger partial charge in [-0.1, -0.05) is 12.1 Å². The summed E-state index contributed by atoms with van der Waals surface area (Å²) >= 11 is 0. The number of esters is 1. The summed E-state index contributed by atoms with van der Waals surface area (Å²) in [6.07, 6.45) is -1.07. The number of carbonyl (C=O) groups excluding carboxylic acids is 2. The summed E-state index contributed by atoms with van der Waals surface area (Å²) in [5, 5.41) is 11.5. The molecule has 1 amide bonds. The number of rotatable bonds is 6. The van der Waals surface area contributed by atoms with Gasteiger partial charge in [-0.25, -0.2) is 4.79 Å². The molecule has 2 aromatic carbocycles. The third-order valence-electron chi connectivity index (χ3n) is 3.54. The van der Waals surface area contributed by atoms with Crippen LogP contribution < -0.4 is 14.8 Å². The smallest absolute Gasteiger partial charge is 0.346 e. The largest absolute Gasteiger partial charge is 0.496 e. The zero-order chi connectivity index (χ0) is 19.1. The number of nitriles is 1. The average Bonchev–Trinajstić information content (AvgIpc) is 2.67. The number of anilines is 1. The van der Waals surface area contributed by atoms with Crippen molar-refractivity contribution in [1.29, 1.82) is 5.26 Å². The first-order valence-electron chi connectivity index (χ1n) is 7.73. The van der Waals surface area contributed by atoms with Crippen LogP contribution in [-0.4, -0.2) is 32.2 Å². The summed E-state index contributed by atoms with van der Waals surface area (Å²) in [5.74, 6) is -0.706. The third-order valence-corrected chi connectivity index (χ3v) is 3.54. The number of nitrogens with zero attached hydrogens (tertiary/aromatic N) is 1. The molecule has 0 heterocycles. The zero-order valence-corrected chi connectivity index (χ0v) is 14.6. The number of hydrogen-bond acceptors (Lipinski definition) is 6. The van der Waals surface area contributed by atoms with Crippen LogP contribution in [0.15, 0.2) is 42.5 Å². The van der Waals surface area contributed by atoms with Crippen molar-refractivity contribution in [2.24, 2.45) is 0 Å². The normalized spacial score (nSPS) is 11.0. The zero-order valence-electron chi connectivity index (χ0n) is 14.6. The van der Waals surface area contributed by atoms with Gasteiger partial charge in [-0.05, 0) is 37.3 Å². The van der Waals surface area contributed by atoms with Gasteiger partial charge in [0.2, 0.25) is 0 Å². The van der Waals surface area contributed by atoms with Gasteiger partial charge in [0.1, 0.15) is 17.1 Å². The molecule has 0 fully saturated rings. The van der Waals surface area contributed by atoms with Crippen LogP contribution in [0.4, 0.5) is 5.69 Å². The summed E-state index contributed by atoms with van der Waals surface area (Å²) in [6, 6.07) is 13.3. The molecule has 0 aliphatic carbocycles. The predicted octanol–water partition coefficient (Wildman–Crippen LogP) is 2.76. The van der Waals surface area contributed by atoms with Gasteiger partial charge >= 0.3 is 5.97 Å². The molecule has 1 N–H and O–H groups in total. The van der Waals surface area contributed by atoms with Crippen molar-refractivity contribution in [2.75, 3.05) is 19.5 Å². The van der Waals surface area contributed by atoms with Gasteiger partial charge in [0, 0.05) is 5.69 Å². The molecular formula is C19H18N2O5. The first-order valence-corrected chi connectivity index (χ1v) is 7.73. The Kier molecular flexibility index (Phi) is 6.17. The van der Waals surface area contributed by atoms with E-state index in [2.05, 4.69) is 5.32 Å². The predicted molar refractivity (Wildman–Crippen MR) is 94.2 cm³/mol. The number of methoxy groups -OCH3 is 2. The standard InChI is InChI=1S/C19H18N2O5/c1-12(18(22)21-14-7-4-6-13(10-14)11-20)26-19(23)17-15(24-2)8-5-9-16(17)25-3/h4-10,12H,1-3H3,(H,21,22). The van der Waals surface area contributed by atoms with E-state index < -0.39 is 18.0 Å². The highest BCUT2D eigenvalue weighted by Gasteiger charge is 2.24. The molecular weight excluding hydrogens is 336 g/mol. The average molecular weight is 354 g/mol. The van der Waals surface area contributed by atoms with Crippen molar-refractivity contribution in [1.82, 2.24) is 0 Å². The molecule has 0 radical (unpaired) electrons. The maximum Gasteiger partial charge on any atom is 0.346 e. The highest BCUT2D eigenvalue weighted by molar-refractivity contribution is 5.99. The Morgan fingerprint density at radius 1 is 1.08 bits per heavy atom. The van der Waals surface area contributed by atoms with Crippen LogP contribution in [0.2, 0.25) is 0 Å². The number of ether oxygens (including phenoxy) is 3. The lowest BCUT2D eigenvalue weighted by molar-refractivity contribution is -0.123. The molecule has 134 valence electrons. The highest BCUT2D eigenvalue weighted by atomic mass is 16.6. The minimum atomic E-state index is -1.07. The SMILES string of the molecule is COc1cccc(OC)c1C(=O)OC(C)C(=O)Nc1cccc(C#N)c1. The first kappa shape index (κ1) is 18.8. The maximum atomic E-state index is 12.5. The van der Waals surface area contributed by atoms with Crippen LogP contribution in [-0.2, 0) is 9.53 Å². The Balaban J connectivity index is 2.12. The van der Waals surface area contributed by atoms with Crippen LogP contribution in [0.5, 0.6) is 11.5 Å². The molecule has 0 saturated carbocycles. The molecule has 0 aromatic heterocycles. The summed E-state index contributed by atoms with van der Waals surface area (Å²) in [7, 11) is 2.84. The van der Waals surface area contributed by atoms with Crippen LogP contribution in [0, 0.1) is 11.3 Å². The fourth-order valence-corrected chi connectivity index (χ4v) is 2.24. The number of benzene rings is 2. The van der Waals surface area contributed by atoms with Gasteiger partial charge in [0.25, 0.3) is 5.91 Å². The number of carbonyl (C=O) groups is 2. The van der Waals surface area contributed by atoms with Crippen LogP contribution in [0.25, 0.3) is 0 Å². The van der Waals surface area contributed by atoms with Crippen LogP contribution in [0.3, 0.4) is 0 Å². The van der Waals surface area contributed by atoms with E-state index in [1.165, 1.54) is 27.2 Å². The molecule has 0 aliphatic rings. The molecule has 7 nitrogen and oxygen atoms in total. The molecule has 2 rings (SSSR count). The van der Waals surface area contributed by atoms with Gasteiger partial charge in [0.15, 0.2) is 6.10 Å². The van der Waals surface area contributed by atoms with Gasteiger partial charge in [-0.15, -0.1) is 0 Å². The fourth-order valence-electron chi connectivity index (χ4n) is 2.24. The van der Waals surface area contributed by atoms with Crippen LogP contribution in [0.1, 0.15) is 22.8 Å². The van der Waals surface area contributed by atoms with E-state index in [4.69, 9.17) is 19.5 Å².